The SMILES string of the molecule is O=C(Nc1ccc(C2=NNC(=O)C(c3cccc4ncccc34)C2)cc1)Oc1ccc([N+](=O)[O-])cc1. The largest absolute Gasteiger partial charge is 0.417 e. The van der Waals surface area contributed by atoms with Gasteiger partial charge in [-0.1, -0.05) is 30.3 Å². The van der Waals surface area contributed by atoms with E-state index in [1.807, 2.05) is 30.3 Å². The molecule has 2 amide bonds. The zero-order chi connectivity index (χ0) is 25.1. The van der Waals surface area contributed by atoms with Gasteiger partial charge in [-0.3, -0.25) is 25.2 Å². The first kappa shape index (κ1) is 22.7. The minimum atomic E-state index is -0.733. The van der Waals surface area contributed by atoms with Gasteiger partial charge in [-0.25, -0.2) is 10.2 Å². The average molecular weight is 481 g/mol. The van der Waals surface area contributed by atoms with Gasteiger partial charge in [0.2, 0.25) is 5.91 Å². The lowest BCUT2D eigenvalue weighted by molar-refractivity contribution is -0.384. The van der Waals surface area contributed by atoms with Crippen LogP contribution in [0.25, 0.3) is 10.9 Å². The first-order chi connectivity index (χ1) is 17.5. The molecule has 5 rings (SSSR count). The molecule has 4 aromatic rings. The highest BCUT2D eigenvalue weighted by atomic mass is 16.6. The molecule has 1 atom stereocenters. The Bertz CT molecular complexity index is 1490. The van der Waals surface area contributed by atoms with Gasteiger partial charge in [0, 0.05) is 35.8 Å². The molecule has 10 heteroatoms. The minimum Gasteiger partial charge on any atom is -0.410 e. The Morgan fingerprint density at radius 2 is 1.81 bits per heavy atom. The molecule has 1 aliphatic rings. The van der Waals surface area contributed by atoms with Gasteiger partial charge in [0.15, 0.2) is 0 Å². The summed E-state index contributed by atoms with van der Waals surface area (Å²) in [6, 6.07) is 21.7. The van der Waals surface area contributed by atoms with Gasteiger partial charge in [-0.15, -0.1) is 0 Å². The van der Waals surface area contributed by atoms with E-state index in [1.54, 1.807) is 30.5 Å². The summed E-state index contributed by atoms with van der Waals surface area (Å²) in [7, 11) is 0. The molecule has 1 aromatic heterocycles. The van der Waals surface area contributed by atoms with Crippen molar-refractivity contribution in [1.29, 1.82) is 0 Å². The topological polar surface area (TPSA) is 136 Å². The summed E-state index contributed by atoms with van der Waals surface area (Å²) in [5.74, 6) is -0.418. The van der Waals surface area contributed by atoms with Crippen LogP contribution in [0.3, 0.4) is 0 Å². The quantitative estimate of drug-likeness (QED) is 0.312. The standard InChI is InChI=1S/C26H19N5O5/c32-25-22(20-3-1-5-23-21(20)4-2-14-27-23)15-24(29-30-25)16-6-8-17(9-7-16)28-26(33)36-19-12-10-18(11-13-19)31(34)35/h1-14,22H,15H2,(H,28,33)(H,30,32). The number of rotatable bonds is 5. The van der Waals surface area contributed by atoms with Crippen LogP contribution in [0, 0.1) is 10.1 Å². The summed E-state index contributed by atoms with van der Waals surface area (Å²) in [6.07, 6.45) is 1.40. The predicted octanol–water partition coefficient (Wildman–Crippen LogP) is 4.76. The van der Waals surface area contributed by atoms with Crippen LogP contribution in [0.1, 0.15) is 23.5 Å². The molecule has 36 heavy (non-hydrogen) atoms. The second-order valence-electron chi connectivity index (χ2n) is 8.05. The Kier molecular flexibility index (Phi) is 6.06. The first-order valence-electron chi connectivity index (χ1n) is 11.0. The number of carbonyl (C=O) groups is 2. The number of nitrogens with zero attached hydrogens (tertiary/aromatic N) is 3. The number of nitro benzene ring substituents is 1. The minimum absolute atomic E-state index is 0.0977. The van der Waals surface area contributed by atoms with Crippen LogP contribution in [-0.4, -0.2) is 27.6 Å². The molecule has 0 bridgehead atoms. The third-order valence-electron chi connectivity index (χ3n) is 5.79. The number of ether oxygens (including phenoxy) is 1. The van der Waals surface area contributed by atoms with Crippen LogP contribution in [0.2, 0.25) is 0 Å². The monoisotopic (exact) mass is 481 g/mol. The number of carbonyl (C=O) groups excluding carboxylic acids is 2. The Balaban J connectivity index is 1.27. The Hall–Kier alpha value is -5.12. The lowest BCUT2D eigenvalue weighted by Gasteiger charge is -2.23. The van der Waals surface area contributed by atoms with E-state index >= 15 is 0 Å². The van der Waals surface area contributed by atoms with Crippen molar-refractivity contribution in [2.75, 3.05) is 5.32 Å². The van der Waals surface area contributed by atoms with Crippen molar-refractivity contribution in [3.05, 3.63) is 106 Å². The number of nitrogens with one attached hydrogen (secondary N) is 2. The maximum atomic E-state index is 12.7. The van der Waals surface area contributed by atoms with E-state index in [4.69, 9.17) is 4.74 Å². The van der Waals surface area contributed by atoms with Crippen LogP contribution in [-0.2, 0) is 4.79 Å². The van der Waals surface area contributed by atoms with E-state index < -0.39 is 16.9 Å². The molecule has 0 saturated heterocycles. The van der Waals surface area contributed by atoms with Gasteiger partial charge in [0.1, 0.15) is 5.75 Å². The number of pyridine rings is 1. The molecule has 0 radical (unpaired) electrons. The molecule has 1 unspecified atom stereocenters. The van der Waals surface area contributed by atoms with Gasteiger partial charge in [-0.05, 0) is 47.5 Å². The number of nitro groups is 1. The molecule has 0 aliphatic carbocycles. The fraction of sp³-hybridized carbons (Fsp3) is 0.0769. The number of hydrogen-bond donors (Lipinski definition) is 2. The van der Waals surface area contributed by atoms with Crippen LogP contribution < -0.4 is 15.5 Å². The summed E-state index contributed by atoms with van der Waals surface area (Å²) in [5, 5.41) is 18.5. The zero-order valence-electron chi connectivity index (χ0n) is 18.8. The summed E-state index contributed by atoms with van der Waals surface area (Å²) in [6.45, 7) is 0. The maximum absolute atomic E-state index is 12.7. The molecular weight excluding hydrogens is 462 g/mol. The van der Waals surface area contributed by atoms with Crippen molar-refractivity contribution in [2.24, 2.45) is 5.10 Å². The molecule has 10 nitrogen and oxygen atoms in total. The summed E-state index contributed by atoms with van der Waals surface area (Å²) >= 11 is 0. The van der Waals surface area contributed by atoms with E-state index in [0.29, 0.717) is 17.8 Å². The molecule has 2 N–H and O–H groups in total. The van der Waals surface area contributed by atoms with Crippen molar-refractivity contribution in [3.8, 4) is 5.75 Å². The Labute approximate surface area is 204 Å². The van der Waals surface area contributed by atoms with Crippen molar-refractivity contribution in [1.82, 2.24) is 10.4 Å². The predicted molar refractivity (Wildman–Crippen MR) is 133 cm³/mol. The fourth-order valence-electron chi connectivity index (χ4n) is 4.03. The van der Waals surface area contributed by atoms with Crippen LogP contribution in [0.5, 0.6) is 5.75 Å². The number of fused-ring (bicyclic) bond motifs is 1. The summed E-state index contributed by atoms with van der Waals surface area (Å²) in [4.78, 5) is 39.4. The van der Waals surface area contributed by atoms with Crippen molar-refractivity contribution in [2.45, 2.75) is 12.3 Å². The molecule has 2 heterocycles. The van der Waals surface area contributed by atoms with Gasteiger partial charge in [0.05, 0.1) is 22.1 Å². The number of non-ortho nitro benzene ring substituents is 1. The molecule has 0 saturated carbocycles. The molecular formula is C26H19N5O5. The van der Waals surface area contributed by atoms with Gasteiger partial charge in [0.25, 0.3) is 5.69 Å². The van der Waals surface area contributed by atoms with E-state index in [9.17, 15) is 19.7 Å². The Morgan fingerprint density at radius 1 is 1.03 bits per heavy atom. The molecule has 1 aliphatic heterocycles. The normalized spacial score (nSPS) is 15.1. The summed E-state index contributed by atoms with van der Waals surface area (Å²) < 4.78 is 5.16. The number of aromatic nitrogens is 1. The second kappa shape index (κ2) is 9.63. The first-order valence-corrected chi connectivity index (χ1v) is 11.0. The highest BCUT2D eigenvalue weighted by Crippen LogP contribution is 2.30. The van der Waals surface area contributed by atoms with E-state index in [2.05, 4.69) is 20.8 Å². The van der Waals surface area contributed by atoms with Gasteiger partial charge in [-0.2, -0.15) is 5.10 Å². The van der Waals surface area contributed by atoms with Gasteiger partial charge < -0.3 is 4.74 Å². The number of anilines is 1. The zero-order valence-corrected chi connectivity index (χ0v) is 18.8. The van der Waals surface area contributed by atoms with Crippen LogP contribution >= 0.6 is 0 Å². The van der Waals surface area contributed by atoms with E-state index in [-0.39, 0.29) is 17.3 Å². The molecule has 0 fully saturated rings. The smallest absolute Gasteiger partial charge is 0.410 e. The third kappa shape index (κ3) is 4.73. The highest BCUT2D eigenvalue weighted by Gasteiger charge is 2.28. The highest BCUT2D eigenvalue weighted by molar-refractivity contribution is 6.07. The van der Waals surface area contributed by atoms with Crippen LogP contribution in [0.4, 0.5) is 16.2 Å². The van der Waals surface area contributed by atoms with Crippen molar-refractivity contribution < 1.29 is 19.2 Å². The third-order valence-corrected chi connectivity index (χ3v) is 5.79. The van der Waals surface area contributed by atoms with Crippen molar-refractivity contribution >= 4 is 40.0 Å². The number of benzene rings is 3. The second-order valence-corrected chi connectivity index (χ2v) is 8.05. The van der Waals surface area contributed by atoms with Gasteiger partial charge >= 0.3 is 6.09 Å². The lowest BCUT2D eigenvalue weighted by atomic mass is 9.87. The Morgan fingerprint density at radius 3 is 2.56 bits per heavy atom. The maximum Gasteiger partial charge on any atom is 0.417 e. The number of hydrogen-bond acceptors (Lipinski definition) is 7. The summed E-state index contributed by atoms with van der Waals surface area (Å²) in [5.41, 5.74) is 6.23. The average Bonchev–Trinajstić information content (AvgIpc) is 2.89. The van der Waals surface area contributed by atoms with Crippen molar-refractivity contribution in [3.63, 3.8) is 0 Å². The van der Waals surface area contributed by atoms with E-state index in [1.165, 1.54) is 24.3 Å². The molecule has 178 valence electrons. The number of amides is 2. The molecule has 3 aromatic carbocycles. The van der Waals surface area contributed by atoms with E-state index in [0.717, 1.165) is 22.0 Å². The molecule has 0 spiro atoms. The number of hydrazone groups is 1. The lowest BCUT2D eigenvalue weighted by Crippen LogP contribution is -2.33. The van der Waals surface area contributed by atoms with Crippen LogP contribution in [0.15, 0.2) is 90.2 Å². The fourth-order valence-corrected chi connectivity index (χ4v) is 4.03.